The van der Waals surface area contributed by atoms with Gasteiger partial charge in [-0.1, -0.05) is 13.8 Å². The van der Waals surface area contributed by atoms with E-state index in [9.17, 15) is 14.0 Å². The van der Waals surface area contributed by atoms with Crippen LogP contribution in [-0.4, -0.2) is 25.0 Å². The SMILES string of the molecule is COC(=O)[C@@H](NC(=O)c1ccc(Br)c(F)c1)C(C)C. The van der Waals surface area contributed by atoms with Crippen LogP contribution in [0.15, 0.2) is 22.7 Å². The molecule has 4 nitrogen and oxygen atoms in total. The summed E-state index contributed by atoms with van der Waals surface area (Å²) in [4.78, 5) is 23.5. The van der Waals surface area contributed by atoms with Crippen molar-refractivity contribution in [2.45, 2.75) is 19.9 Å². The minimum absolute atomic E-state index is 0.128. The van der Waals surface area contributed by atoms with Gasteiger partial charge in [0.25, 0.3) is 5.91 Å². The van der Waals surface area contributed by atoms with Gasteiger partial charge in [0.05, 0.1) is 11.6 Å². The van der Waals surface area contributed by atoms with E-state index < -0.39 is 23.7 Å². The summed E-state index contributed by atoms with van der Waals surface area (Å²) < 4.78 is 18.2. The van der Waals surface area contributed by atoms with Gasteiger partial charge in [-0.3, -0.25) is 4.79 Å². The molecule has 0 heterocycles. The van der Waals surface area contributed by atoms with Gasteiger partial charge in [0.1, 0.15) is 11.9 Å². The molecule has 0 radical (unpaired) electrons. The highest BCUT2D eigenvalue weighted by Gasteiger charge is 2.25. The normalized spacial score (nSPS) is 12.1. The van der Waals surface area contributed by atoms with Gasteiger partial charge in [0.15, 0.2) is 0 Å². The number of carbonyl (C=O) groups is 2. The number of hydrogen-bond donors (Lipinski definition) is 1. The van der Waals surface area contributed by atoms with Crippen molar-refractivity contribution in [1.29, 1.82) is 0 Å². The number of ether oxygens (including phenoxy) is 1. The Morgan fingerprint density at radius 3 is 2.47 bits per heavy atom. The van der Waals surface area contributed by atoms with Gasteiger partial charge < -0.3 is 10.1 Å². The molecule has 0 fully saturated rings. The molecule has 0 bridgehead atoms. The smallest absolute Gasteiger partial charge is 0.328 e. The van der Waals surface area contributed by atoms with E-state index in [1.807, 2.05) is 0 Å². The van der Waals surface area contributed by atoms with E-state index in [-0.39, 0.29) is 16.0 Å². The monoisotopic (exact) mass is 331 g/mol. The maximum absolute atomic E-state index is 13.3. The number of esters is 1. The van der Waals surface area contributed by atoms with Crippen LogP contribution < -0.4 is 5.32 Å². The molecule has 6 heteroatoms. The molecule has 0 unspecified atom stereocenters. The molecule has 0 aromatic heterocycles. The average molecular weight is 332 g/mol. The lowest BCUT2D eigenvalue weighted by molar-refractivity contribution is -0.144. The van der Waals surface area contributed by atoms with Gasteiger partial charge >= 0.3 is 5.97 Å². The van der Waals surface area contributed by atoms with E-state index >= 15 is 0 Å². The minimum Gasteiger partial charge on any atom is -0.467 e. The maximum atomic E-state index is 13.3. The highest BCUT2D eigenvalue weighted by Crippen LogP contribution is 2.16. The molecule has 0 spiro atoms. The summed E-state index contributed by atoms with van der Waals surface area (Å²) in [7, 11) is 1.25. The molecular formula is C13H15BrFNO3. The molecule has 104 valence electrons. The lowest BCUT2D eigenvalue weighted by atomic mass is 10.0. The summed E-state index contributed by atoms with van der Waals surface area (Å²) in [6, 6.07) is 3.25. The molecule has 1 N–H and O–H groups in total. The summed E-state index contributed by atoms with van der Waals surface area (Å²) in [5.41, 5.74) is 0.148. The van der Waals surface area contributed by atoms with E-state index in [1.165, 1.54) is 19.2 Å². The Morgan fingerprint density at radius 2 is 2.00 bits per heavy atom. The summed E-state index contributed by atoms with van der Waals surface area (Å²) >= 11 is 3.01. The fourth-order valence-corrected chi connectivity index (χ4v) is 1.73. The van der Waals surface area contributed by atoms with E-state index in [1.54, 1.807) is 13.8 Å². The largest absolute Gasteiger partial charge is 0.467 e. The Bertz CT molecular complexity index is 491. The van der Waals surface area contributed by atoms with Gasteiger partial charge in [-0.05, 0) is 40.0 Å². The third kappa shape index (κ3) is 4.02. The Balaban J connectivity index is 2.87. The van der Waals surface area contributed by atoms with Gasteiger partial charge in [-0.25, -0.2) is 9.18 Å². The Morgan fingerprint density at radius 1 is 1.37 bits per heavy atom. The minimum atomic E-state index is -0.760. The van der Waals surface area contributed by atoms with Crippen molar-refractivity contribution in [3.63, 3.8) is 0 Å². The molecular weight excluding hydrogens is 317 g/mol. The van der Waals surface area contributed by atoms with Crippen LogP contribution in [-0.2, 0) is 9.53 Å². The Labute approximate surface area is 119 Å². The van der Waals surface area contributed by atoms with E-state index in [2.05, 4.69) is 26.0 Å². The quantitative estimate of drug-likeness (QED) is 0.862. The lowest BCUT2D eigenvalue weighted by Gasteiger charge is -2.19. The average Bonchev–Trinajstić information content (AvgIpc) is 2.37. The summed E-state index contributed by atoms with van der Waals surface area (Å²) in [5.74, 6) is -1.71. The van der Waals surface area contributed by atoms with Crippen LogP contribution in [0.5, 0.6) is 0 Å². The van der Waals surface area contributed by atoms with Crippen molar-refractivity contribution < 1.29 is 18.7 Å². The number of nitrogens with one attached hydrogen (secondary N) is 1. The molecule has 1 amide bonds. The second-order valence-electron chi connectivity index (χ2n) is 4.35. The zero-order valence-corrected chi connectivity index (χ0v) is 12.5. The first-order chi connectivity index (χ1) is 8.86. The fourth-order valence-electron chi connectivity index (χ4n) is 1.49. The van der Waals surface area contributed by atoms with Crippen molar-refractivity contribution in [3.8, 4) is 0 Å². The highest BCUT2D eigenvalue weighted by molar-refractivity contribution is 9.10. The molecule has 0 aliphatic rings. The van der Waals surface area contributed by atoms with Crippen molar-refractivity contribution in [3.05, 3.63) is 34.1 Å². The molecule has 0 saturated carbocycles. The Kier molecular flexibility index (Phi) is 5.47. The number of benzene rings is 1. The zero-order chi connectivity index (χ0) is 14.6. The van der Waals surface area contributed by atoms with Crippen molar-refractivity contribution >= 4 is 27.8 Å². The van der Waals surface area contributed by atoms with Crippen LogP contribution in [0, 0.1) is 11.7 Å². The number of amides is 1. The van der Waals surface area contributed by atoms with Gasteiger partial charge in [-0.15, -0.1) is 0 Å². The first kappa shape index (κ1) is 15.6. The van der Waals surface area contributed by atoms with E-state index in [0.29, 0.717) is 0 Å². The summed E-state index contributed by atoms with van der Waals surface area (Å²) in [6.07, 6.45) is 0. The first-order valence-electron chi connectivity index (χ1n) is 5.70. The van der Waals surface area contributed by atoms with Crippen LogP contribution in [0.1, 0.15) is 24.2 Å². The van der Waals surface area contributed by atoms with Crippen LogP contribution >= 0.6 is 15.9 Å². The molecule has 1 atom stereocenters. The summed E-state index contributed by atoms with van der Waals surface area (Å²) in [5, 5.41) is 2.53. The number of rotatable bonds is 4. The lowest BCUT2D eigenvalue weighted by Crippen LogP contribution is -2.45. The number of methoxy groups -OCH3 is 1. The van der Waals surface area contributed by atoms with Crippen LogP contribution in [0.3, 0.4) is 0 Å². The molecule has 0 aliphatic carbocycles. The van der Waals surface area contributed by atoms with Crippen LogP contribution in [0.2, 0.25) is 0 Å². The molecule has 19 heavy (non-hydrogen) atoms. The molecule has 0 aliphatic heterocycles. The first-order valence-corrected chi connectivity index (χ1v) is 6.50. The van der Waals surface area contributed by atoms with E-state index in [0.717, 1.165) is 6.07 Å². The molecule has 1 aromatic rings. The standard InChI is InChI=1S/C13H15BrFNO3/c1-7(2)11(13(18)19-3)16-12(17)8-4-5-9(14)10(15)6-8/h4-7,11H,1-3H3,(H,16,17)/t11-/m0/s1. The molecule has 0 saturated heterocycles. The second-order valence-corrected chi connectivity index (χ2v) is 5.20. The molecule has 1 rings (SSSR count). The Hall–Kier alpha value is -1.43. The number of hydrogen-bond acceptors (Lipinski definition) is 3. The van der Waals surface area contributed by atoms with Crippen molar-refractivity contribution in [2.24, 2.45) is 5.92 Å². The predicted molar refractivity (Wildman–Crippen MR) is 72.2 cm³/mol. The fraction of sp³-hybridized carbons (Fsp3) is 0.385. The summed E-state index contributed by atoms with van der Waals surface area (Å²) in [6.45, 7) is 3.56. The van der Waals surface area contributed by atoms with Gasteiger partial charge in [-0.2, -0.15) is 0 Å². The predicted octanol–water partition coefficient (Wildman–Crippen LogP) is 2.52. The number of halogens is 2. The van der Waals surface area contributed by atoms with Gasteiger partial charge in [0, 0.05) is 5.56 Å². The highest BCUT2D eigenvalue weighted by atomic mass is 79.9. The van der Waals surface area contributed by atoms with Crippen molar-refractivity contribution in [2.75, 3.05) is 7.11 Å². The van der Waals surface area contributed by atoms with Crippen LogP contribution in [0.25, 0.3) is 0 Å². The molecule has 1 aromatic carbocycles. The second kappa shape index (κ2) is 6.65. The topological polar surface area (TPSA) is 55.4 Å². The third-order valence-electron chi connectivity index (χ3n) is 2.59. The van der Waals surface area contributed by atoms with Crippen molar-refractivity contribution in [1.82, 2.24) is 5.32 Å². The zero-order valence-electron chi connectivity index (χ0n) is 10.9. The van der Waals surface area contributed by atoms with E-state index in [4.69, 9.17) is 0 Å². The van der Waals surface area contributed by atoms with Gasteiger partial charge in [0.2, 0.25) is 0 Å². The van der Waals surface area contributed by atoms with Crippen LogP contribution in [0.4, 0.5) is 4.39 Å². The maximum Gasteiger partial charge on any atom is 0.328 e. The number of carbonyl (C=O) groups excluding carboxylic acids is 2. The third-order valence-corrected chi connectivity index (χ3v) is 3.23.